The van der Waals surface area contributed by atoms with Crippen LogP contribution in [0.5, 0.6) is 0 Å². The van der Waals surface area contributed by atoms with Gasteiger partial charge in [0.1, 0.15) is 0 Å². The summed E-state index contributed by atoms with van der Waals surface area (Å²) in [6.45, 7) is 8.81. The molecular formula is C16H32N2O. The third kappa shape index (κ3) is 4.73. The molecule has 2 aliphatic rings. The quantitative estimate of drug-likeness (QED) is 0.833. The molecule has 3 heteroatoms. The maximum atomic E-state index is 6.64. The first kappa shape index (κ1) is 15.3. The smallest absolute Gasteiger partial charge is 0.0702 e. The maximum absolute atomic E-state index is 6.64. The van der Waals surface area contributed by atoms with E-state index < -0.39 is 0 Å². The number of rotatable bonds is 5. The molecule has 112 valence electrons. The molecule has 0 radical (unpaired) electrons. The Hall–Kier alpha value is -0.120. The van der Waals surface area contributed by atoms with E-state index in [0.717, 1.165) is 32.0 Å². The molecular weight excluding hydrogens is 236 g/mol. The molecule has 0 bridgehead atoms. The summed E-state index contributed by atoms with van der Waals surface area (Å²) in [5.41, 5.74) is 6.70. The number of likely N-dealkylation sites (tertiary alicyclic amines) is 1. The summed E-state index contributed by atoms with van der Waals surface area (Å²) in [6.07, 6.45) is 9.12. The molecule has 0 aromatic heterocycles. The van der Waals surface area contributed by atoms with Crippen LogP contribution >= 0.6 is 0 Å². The summed E-state index contributed by atoms with van der Waals surface area (Å²) in [7, 11) is 0. The summed E-state index contributed by atoms with van der Waals surface area (Å²) >= 11 is 0. The van der Waals surface area contributed by atoms with Crippen LogP contribution < -0.4 is 5.73 Å². The van der Waals surface area contributed by atoms with Crippen LogP contribution in [0, 0.1) is 5.92 Å². The molecule has 0 spiro atoms. The summed E-state index contributed by atoms with van der Waals surface area (Å²) in [6, 6.07) is 0. The van der Waals surface area contributed by atoms with Crippen molar-refractivity contribution in [3.8, 4) is 0 Å². The van der Waals surface area contributed by atoms with Gasteiger partial charge in [0.05, 0.1) is 6.10 Å². The van der Waals surface area contributed by atoms with Gasteiger partial charge in [0.2, 0.25) is 0 Å². The zero-order valence-electron chi connectivity index (χ0n) is 12.9. The minimum absolute atomic E-state index is 0.0598. The molecule has 2 fully saturated rings. The van der Waals surface area contributed by atoms with Gasteiger partial charge in [-0.05, 0) is 44.6 Å². The van der Waals surface area contributed by atoms with Gasteiger partial charge >= 0.3 is 0 Å². The minimum atomic E-state index is 0.0598. The lowest BCUT2D eigenvalue weighted by molar-refractivity contribution is -0.00851. The first-order valence-corrected chi connectivity index (χ1v) is 8.24. The zero-order valence-corrected chi connectivity index (χ0v) is 12.9. The second-order valence-corrected chi connectivity index (χ2v) is 6.93. The monoisotopic (exact) mass is 268 g/mol. The Morgan fingerprint density at radius 1 is 1.32 bits per heavy atom. The predicted octanol–water partition coefficient (Wildman–Crippen LogP) is 2.79. The lowest BCUT2D eigenvalue weighted by atomic mass is 9.76. The molecule has 1 aliphatic carbocycles. The van der Waals surface area contributed by atoms with Gasteiger partial charge in [0, 0.05) is 25.2 Å². The summed E-state index contributed by atoms with van der Waals surface area (Å²) in [5.74, 6) is 0.802. The van der Waals surface area contributed by atoms with Crippen LogP contribution in [0.25, 0.3) is 0 Å². The summed E-state index contributed by atoms with van der Waals surface area (Å²) < 4.78 is 5.92. The van der Waals surface area contributed by atoms with Crippen molar-refractivity contribution in [3.05, 3.63) is 0 Å². The van der Waals surface area contributed by atoms with Crippen molar-refractivity contribution in [2.24, 2.45) is 11.7 Å². The van der Waals surface area contributed by atoms with Gasteiger partial charge in [-0.2, -0.15) is 0 Å². The molecule has 0 aromatic rings. The van der Waals surface area contributed by atoms with Crippen LogP contribution in [0.15, 0.2) is 0 Å². The van der Waals surface area contributed by atoms with Crippen molar-refractivity contribution < 1.29 is 4.74 Å². The second kappa shape index (κ2) is 7.05. The molecule has 0 aromatic carbocycles. The molecule has 3 unspecified atom stereocenters. The summed E-state index contributed by atoms with van der Waals surface area (Å²) in [4.78, 5) is 2.56. The van der Waals surface area contributed by atoms with Gasteiger partial charge in [-0.3, -0.25) is 4.90 Å². The number of ether oxygens (including phenoxy) is 1. The van der Waals surface area contributed by atoms with Gasteiger partial charge in [0.25, 0.3) is 0 Å². The first-order chi connectivity index (χ1) is 9.11. The van der Waals surface area contributed by atoms with Gasteiger partial charge in [-0.15, -0.1) is 0 Å². The Morgan fingerprint density at radius 3 is 2.89 bits per heavy atom. The van der Waals surface area contributed by atoms with E-state index in [1.165, 1.54) is 45.1 Å². The Balaban J connectivity index is 1.80. The van der Waals surface area contributed by atoms with E-state index >= 15 is 0 Å². The topological polar surface area (TPSA) is 38.5 Å². The van der Waals surface area contributed by atoms with E-state index in [1.54, 1.807) is 0 Å². The Morgan fingerprint density at radius 2 is 2.16 bits per heavy atom. The molecule has 3 nitrogen and oxygen atoms in total. The predicted molar refractivity (Wildman–Crippen MR) is 80.3 cm³/mol. The zero-order chi connectivity index (χ0) is 13.7. The van der Waals surface area contributed by atoms with Gasteiger partial charge < -0.3 is 10.5 Å². The normalized spacial score (nSPS) is 37.4. The fraction of sp³-hybridized carbons (Fsp3) is 1.00. The largest absolute Gasteiger partial charge is 0.377 e. The van der Waals surface area contributed by atoms with Gasteiger partial charge in [0.15, 0.2) is 0 Å². The van der Waals surface area contributed by atoms with Crippen molar-refractivity contribution in [1.82, 2.24) is 4.90 Å². The van der Waals surface area contributed by atoms with E-state index in [0.29, 0.717) is 6.10 Å². The fourth-order valence-electron chi connectivity index (χ4n) is 3.87. The van der Waals surface area contributed by atoms with Crippen LogP contribution in [0.2, 0.25) is 0 Å². The van der Waals surface area contributed by atoms with Gasteiger partial charge in [-0.25, -0.2) is 0 Å². The number of nitrogens with zero attached hydrogens (tertiary/aromatic N) is 1. The molecule has 2 rings (SSSR count). The Bertz CT molecular complexity index is 271. The first-order valence-electron chi connectivity index (χ1n) is 8.24. The van der Waals surface area contributed by atoms with Crippen molar-refractivity contribution in [2.45, 2.75) is 70.4 Å². The number of piperidine rings is 1. The van der Waals surface area contributed by atoms with Crippen molar-refractivity contribution in [3.63, 3.8) is 0 Å². The van der Waals surface area contributed by atoms with E-state index in [9.17, 15) is 0 Å². The molecule has 3 atom stereocenters. The average Bonchev–Trinajstić information content (AvgIpc) is 2.36. The van der Waals surface area contributed by atoms with E-state index in [2.05, 4.69) is 18.7 Å². The Labute approximate surface area is 118 Å². The van der Waals surface area contributed by atoms with Crippen LogP contribution in [0.3, 0.4) is 0 Å². The lowest BCUT2D eigenvalue weighted by Crippen LogP contribution is -2.55. The third-order valence-corrected chi connectivity index (χ3v) is 4.69. The number of nitrogens with two attached hydrogens (primary N) is 1. The van der Waals surface area contributed by atoms with E-state index in [4.69, 9.17) is 10.5 Å². The van der Waals surface area contributed by atoms with E-state index in [-0.39, 0.29) is 5.54 Å². The molecule has 1 saturated heterocycles. The molecule has 1 heterocycles. The van der Waals surface area contributed by atoms with Crippen LogP contribution in [0.4, 0.5) is 0 Å². The fourth-order valence-corrected chi connectivity index (χ4v) is 3.87. The Kier molecular flexibility index (Phi) is 5.67. The van der Waals surface area contributed by atoms with Crippen LogP contribution in [-0.4, -0.2) is 42.8 Å². The lowest BCUT2D eigenvalue weighted by Gasteiger charge is -2.42. The average molecular weight is 268 g/mol. The highest BCUT2D eigenvalue weighted by atomic mass is 16.5. The highest BCUT2D eigenvalue weighted by Gasteiger charge is 2.34. The third-order valence-electron chi connectivity index (χ3n) is 4.69. The van der Waals surface area contributed by atoms with Crippen molar-refractivity contribution in [2.75, 3.05) is 26.2 Å². The highest BCUT2D eigenvalue weighted by molar-refractivity contribution is 4.93. The molecule has 1 saturated carbocycles. The molecule has 0 amide bonds. The highest BCUT2D eigenvalue weighted by Crippen LogP contribution is 2.31. The van der Waals surface area contributed by atoms with Crippen LogP contribution in [-0.2, 0) is 4.74 Å². The molecule has 1 aliphatic heterocycles. The molecule has 19 heavy (non-hydrogen) atoms. The van der Waals surface area contributed by atoms with E-state index in [1.807, 2.05) is 0 Å². The number of hydrogen-bond acceptors (Lipinski definition) is 3. The summed E-state index contributed by atoms with van der Waals surface area (Å²) in [5, 5.41) is 0. The minimum Gasteiger partial charge on any atom is -0.377 e. The molecule has 2 N–H and O–H groups in total. The SMILES string of the molecule is CCCOC1CCCN(CC2(N)CCCC(C)C2)C1. The van der Waals surface area contributed by atoms with Gasteiger partial charge in [-0.1, -0.05) is 26.7 Å². The standard InChI is InChI=1S/C16H32N2O/c1-3-10-19-15-7-5-9-18(12-15)13-16(17)8-4-6-14(2)11-16/h14-15H,3-13,17H2,1-2H3. The van der Waals surface area contributed by atoms with Crippen molar-refractivity contribution in [1.29, 1.82) is 0 Å². The van der Waals surface area contributed by atoms with Crippen molar-refractivity contribution >= 4 is 0 Å². The second-order valence-electron chi connectivity index (χ2n) is 6.93. The maximum Gasteiger partial charge on any atom is 0.0702 e. The number of hydrogen-bond donors (Lipinski definition) is 1. The van der Waals surface area contributed by atoms with Crippen LogP contribution in [0.1, 0.15) is 58.8 Å².